The minimum Gasteiger partial charge on any atom is -0.487 e. The van der Waals surface area contributed by atoms with Crippen LogP contribution in [0.15, 0.2) is 65.5 Å². The molecule has 1 saturated carbocycles. The highest BCUT2D eigenvalue weighted by Crippen LogP contribution is 2.56. The Hall–Kier alpha value is -3.73. The van der Waals surface area contributed by atoms with Crippen LogP contribution in [0.2, 0.25) is 0 Å². The number of ketones is 1. The van der Waals surface area contributed by atoms with Gasteiger partial charge in [-0.05, 0) is 62.8 Å². The summed E-state index contributed by atoms with van der Waals surface area (Å²) < 4.78 is 11.9. The molecule has 1 fully saturated rings. The summed E-state index contributed by atoms with van der Waals surface area (Å²) in [6.07, 6.45) is 6.51. The number of carbonyl (C=O) groups is 1. The number of aromatic nitrogens is 2. The van der Waals surface area contributed by atoms with Crippen molar-refractivity contribution in [2.24, 2.45) is 11.8 Å². The largest absolute Gasteiger partial charge is 0.487 e. The molecule has 5 nitrogen and oxygen atoms in total. The van der Waals surface area contributed by atoms with Crippen LogP contribution in [0, 0.1) is 11.8 Å². The van der Waals surface area contributed by atoms with Crippen LogP contribution in [-0.4, -0.2) is 21.4 Å². The highest BCUT2D eigenvalue weighted by molar-refractivity contribution is 6.13. The second kappa shape index (κ2) is 7.63. The quantitative estimate of drug-likeness (QED) is 0.150. The van der Waals surface area contributed by atoms with E-state index >= 15 is 0 Å². The van der Waals surface area contributed by atoms with Crippen LogP contribution in [0.3, 0.4) is 0 Å². The Labute approximate surface area is 209 Å². The first-order valence-corrected chi connectivity index (χ1v) is 12.8. The number of hydrogen-bond acceptors (Lipinski definition) is 5. The van der Waals surface area contributed by atoms with Crippen LogP contribution >= 0.6 is 0 Å². The molecule has 3 atom stereocenters. The molecule has 0 N–H and O–H groups in total. The van der Waals surface area contributed by atoms with Gasteiger partial charge in [-0.1, -0.05) is 37.6 Å². The Morgan fingerprint density at radius 1 is 0.944 bits per heavy atom. The van der Waals surface area contributed by atoms with Crippen LogP contribution in [-0.2, 0) is 0 Å². The van der Waals surface area contributed by atoms with Gasteiger partial charge in [-0.15, -0.1) is 0 Å². The molecule has 2 aromatic heterocycles. The van der Waals surface area contributed by atoms with Gasteiger partial charge in [-0.25, -0.2) is 9.97 Å². The first-order valence-electron chi connectivity index (χ1n) is 12.8. The molecule has 0 saturated heterocycles. The summed E-state index contributed by atoms with van der Waals surface area (Å²) >= 11 is 0. The van der Waals surface area contributed by atoms with Crippen LogP contribution in [0.4, 0.5) is 0 Å². The maximum absolute atomic E-state index is 12.9. The highest BCUT2D eigenvalue weighted by Gasteiger charge is 2.47. The van der Waals surface area contributed by atoms with E-state index in [2.05, 4.69) is 39.0 Å². The van der Waals surface area contributed by atoms with Gasteiger partial charge in [0.2, 0.25) is 0 Å². The molecule has 0 spiro atoms. The Morgan fingerprint density at radius 2 is 1.75 bits per heavy atom. The molecule has 1 aliphatic carbocycles. The number of hydrogen-bond donors (Lipinski definition) is 0. The maximum atomic E-state index is 12.9. The van der Waals surface area contributed by atoms with Gasteiger partial charge in [-0.2, -0.15) is 0 Å². The number of carbonyl (C=O) groups excluding carboxylic acids is 1. The van der Waals surface area contributed by atoms with Gasteiger partial charge >= 0.3 is 0 Å². The summed E-state index contributed by atoms with van der Waals surface area (Å²) in [7, 11) is 0. The third kappa shape index (κ3) is 3.11. The van der Waals surface area contributed by atoms with Crippen molar-refractivity contribution in [2.45, 2.75) is 51.6 Å². The van der Waals surface area contributed by atoms with Crippen molar-refractivity contribution in [3.05, 3.63) is 77.7 Å². The summed E-state index contributed by atoms with van der Waals surface area (Å²) in [6, 6.07) is 15.6. The summed E-state index contributed by atoms with van der Waals surface area (Å²) in [4.78, 5) is 23.3. The third-order valence-corrected chi connectivity index (χ3v) is 8.38. The fourth-order valence-corrected chi connectivity index (χ4v) is 6.60. The van der Waals surface area contributed by atoms with E-state index < -0.39 is 0 Å². The van der Waals surface area contributed by atoms with Gasteiger partial charge < -0.3 is 9.15 Å². The molecule has 0 amide bonds. The molecule has 0 radical (unpaired) electrons. The van der Waals surface area contributed by atoms with Gasteiger partial charge in [0.1, 0.15) is 17.6 Å². The zero-order chi connectivity index (χ0) is 24.6. The van der Waals surface area contributed by atoms with Crippen molar-refractivity contribution >= 4 is 38.6 Å². The fraction of sp³-hybridized carbons (Fsp3) is 0.323. The Kier molecular flexibility index (Phi) is 4.57. The van der Waals surface area contributed by atoms with Crippen LogP contribution in [0.25, 0.3) is 32.8 Å². The van der Waals surface area contributed by atoms with E-state index in [0.717, 1.165) is 45.9 Å². The molecule has 1 aliphatic heterocycles. The second-order valence-corrected chi connectivity index (χ2v) is 11.1. The summed E-state index contributed by atoms with van der Waals surface area (Å²) in [5, 5.41) is 2.12. The molecule has 2 aliphatic rings. The summed E-state index contributed by atoms with van der Waals surface area (Å²) in [5.41, 5.74) is 5.40. The van der Waals surface area contributed by atoms with Crippen molar-refractivity contribution in [2.75, 3.05) is 0 Å². The average molecular weight is 477 g/mol. The van der Waals surface area contributed by atoms with Crippen molar-refractivity contribution in [1.82, 2.24) is 9.97 Å². The SMILES string of the molecule is CC1CCC2C(C1)c1c(c3ccccc3c3nc4cc(C(=O)c5ccoc5)ccc4nc13)OC2(C)C. The number of ether oxygens (including phenoxy) is 1. The van der Waals surface area contributed by atoms with Crippen molar-refractivity contribution in [3.8, 4) is 5.75 Å². The van der Waals surface area contributed by atoms with E-state index in [1.807, 2.05) is 24.3 Å². The fourth-order valence-electron chi connectivity index (χ4n) is 6.60. The van der Waals surface area contributed by atoms with E-state index in [0.29, 0.717) is 34.4 Å². The van der Waals surface area contributed by atoms with Crippen molar-refractivity contribution < 1.29 is 13.9 Å². The van der Waals surface area contributed by atoms with Gasteiger partial charge in [0, 0.05) is 27.8 Å². The van der Waals surface area contributed by atoms with E-state index in [9.17, 15) is 4.79 Å². The minimum absolute atomic E-state index is 0.0856. The molecule has 0 bridgehead atoms. The lowest BCUT2D eigenvalue weighted by molar-refractivity contribution is -0.0115. The first-order chi connectivity index (χ1) is 17.4. The first kappa shape index (κ1) is 21.5. The van der Waals surface area contributed by atoms with Crippen LogP contribution in [0.1, 0.15) is 67.4 Å². The topological polar surface area (TPSA) is 65.2 Å². The van der Waals surface area contributed by atoms with E-state index in [4.69, 9.17) is 19.1 Å². The van der Waals surface area contributed by atoms with E-state index in [1.165, 1.54) is 24.5 Å². The lowest BCUT2D eigenvalue weighted by Crippen LogP contribution is -2.46. The van der Waals surface area contributed by atoms with Gasteiger partial charge in [0.25, 0.3) is 0 Å². The standard InChI is InChI=1S/C31H28N2O3/c1-17-8-10-23-22(14-17)26-28-27(20-6-4-5-7-21(20)30(26)36-31(23,2)3)33-25-15-18(9-11-24(25)32-28)29(34)19-12-13-35-16-19/h4-7,9,11-13,15-17,22-23H,8,10,14H2,1-3H3. The average Bonchev–Trinajstić information content (AvgIpc) is 3.42. The molecule has 5 heteroatoms. The number of furan rings is 1. The number of benzene rings is 3. The monoisotopic (exact) mass is 476 g/mol. The normalized spacial score (nSPS) is 22.8. The molecule has 3 aromatic carbocycles. The zero-order valence-corrected chi connectivity index (χ0v) is 20.7. The Balaban J connectivity index is 1.52. The maximum Gasteiger partial charge on any atom is 0.196 e. The van der Waals surface area contributed by atoms with Crippen LogP contribution < -0.4 is 4.74 Å². The molecule has 7 rings (SSSR count). The Bertz CT molecular complexity index is 1670. The second-order valence-electron chi connectivity index (χ2n) is 11.1. The van der Waals surface area contributed by atoms with Crippen molar-refractivity contribution in [1.29, 1.82) is 0 Å². The summed E-state index contributed by atoms with van der Waals surface area (Å²) in [5.74, 6) is 2.38. The van der Waals surface area contributed by atoms with Crippen LogP contribution in [0.5, 0.6) is 5.75 Å². The third-order valence-electron chi connectivity index (χ3n) is 8.38. The van der Waals surface area contributed by atoms with E-state index in [-0.39, 0.29) is 11.4 Å². The molecule has 36 heavy (non-hydrogen) atoms. The number of rotatable bonds is 2. The van der Waals surface area contributed by atoms with Gasteiger partial charge in [0.05, 0.1) is 33.9 Å². The molecular weight excluding hydrogens is 448 g/mol. The van der Waals surface area contributed by atoms with Crippen molar-refractivity contribution in [3.63, 3.8) is 0 Å². The number of nitrogens with zero attached hydrogens (tertiary/aromatic N) is 2. The highest BCUT2D eigenvalue weighted by atomic mass is 16.5. The lowest BCUT2D eigenvalue weighted by atomic mass is 9.64. The summed E-state index contributed by atoms with van der Waals surface area (Å²) in [6.45, 7) is 6.85. The molecular formula is C31H28N2O3. The number of fused-ring (bicyclic) bond motifs is 9. The molecule has 3 heterocycles. The van der Waals surface area contributed by atoms with Gasteiger partial charge in [0.15, 0.2) is 5.78 Å². The Morgan fingerprint density at radius 3 is 2.56 bits per heavy atom. The smallest absolute Gasteiger partial charge is 0.196 e. The minimum atomic E-state index is -0.235. The molecule has 3 unspecified atom stereocenters. The van der Waals surface area contributed by atoms with E-state index in [1.54, 1.807) is 6.07 Å². The predicted octanol–water partition coefficient (Wildman–Crippen LogP) is 7.45. The molecule has 180 valence electrons. The zero-order valence-electron chi connectivity index (χ0n) is 20.7. The molecule has 5 aromatic rings. The lowest BCUT2D eigenvalue weighted by Gasteiger charge is -2.49. The van der Waals surface area contributed by atoms with Gasteiger partial charge in [-0.3, -0.25) is 4.79 Å². The predicted molar refractivity (Wildman–Crippen MR) is 141 cm³/mol.